The first-order valence-electron chi connectivity index (χ1n) is 9.59. The molecule has 3 aromatic rings. The zero-order chi connectivity index (χ0) is 22.2. The highest BCUT2D eigenvalue weighted by Gasteiger charge is 2.07. The molecule has 3 rings (SSSR count). The van der Waals surface area contributed by atoms with E-state index in [2.05, 4.69) is 31.8 Å². The monoisotopic (exact) mass is 479 g/mol. The average molecular weight is 480 g/mol. The van der Waals surface area contributed by atoms with Gasteiger partial charge in [0.25, 0.3) is 11.8 Å². The molecule has 0 saturated carbocycles. The highest BCUT2D eigenvalue weighted by atomic mass is 79.9. The van der Waals surface area contributed by atoms with E-state index >= 15 is 0 Å². The van der Waals surface area contributed by atoms with Gasteiger partial charge in [-0.3, -0.25) is 9.59 Å². The summed E-state index contributed by atoms with van der Waals surface area (Å²) in [4.78, 5) is 24.2. The molecule has 0 radical (unpaired) electrons. The minimum Gasteiger partial charge on any atom is -0.483 e. The van der Waals surface area contributed by atoms with Crippen LogP contribution in [0.4, 0.5) is 5.69 Å². The Bertz CT molecular complexity index is 1110. The Hall–Kier alpha value is -3.45. The van der Waals surface area contributed by atoms with Crippen molar-refractivity contribution in [3.63, 3.8) is 0 Å². The van der Waals surface area contributed by atoms with E-state index in [4.69, 9.17) is 4.74 Å². The van der Waals surface area contributed by atoms with Crippen molar-refractivity contribution < 1.29 is 14.3 Å². The Morgan fingerprint density at radius 1 is 1.00 bits per heavy atom. The Kier molecular flexibility index (Phi) is 7.56. The highest BCUT2D eigenvalue weighted by Crippen LogP contribution is 2.25. The van der Waals surface area contributed by atoms with Gasteiger partial charge in [-0.2, -0.15) is 5.10 Å². The van der Waals surface area contributed by atoms with Crippen LogP contribution in [-0.2, 0) is 4.79 Å². The molecule has 3 aromatic carbocycles. The molecule has 0 aliphatic carbocycles. The maximum Gasteiger partial charge on any atom is 0.271 e. The number of hydrogen-bond acceptors (Lipinski definition) is 4. The van der Waals surface area contributed by atoms with Crippen LogP contribution >= 0.6 is 15.9 Å². The number of carbonyl (C=O) groups is 2. The molecule has 0 aromatic heterocycles. The van der Waals surface area contributed by atoms with E-state index in [1.165, 1.54) is 6.21 Å². The van der Waals surface area contributed by atoms with Gasteiger partial charge in [-0.25, -0.2) is 5.43 Å². The second-order valence-electron chi connectivity index (χ2n) is 6.96. The normalized spacial score (nSPS) is 10.7. The number of rotatable bonds is 7. The number of hydrazone groups is 1. The molecule has 31 heavy (non-hydrogen) atoms. The summed E-state index contributed by atoms with van der Waals surface area (Å²) in [6, 6.07) is 20.1. The van der Waals surface area contributed by atoms with Crippen LogP contribution in [0.15, 0.2) is 76.3 Å². The molecule has 0 aliphatic rings. The highest BCUT2D eigenvalue weighted by molar-refractivity contribution is 9.10. The number of anilines is 1. The molecule has 0 spiro atoms. The summed E-state index contributed by atoms with van der Waals surface area (Å²) in [7, 11) is 0. The zero-order valence-corrected chi connectivity index (χ0v) is 18.8. The van der Waals surface area contributed by atoms with Gasteiger partial charge in [-0.1, -0.05) is 29.8 Å². The summed E-state index contributed by atoms with van der Waals surface area (Å²) < 4.78 is 6.26. The molecule has 0 unspecified atom stereocenters. The number of benzene rings is 3. The molecule has 0 bridgehead atoms. The molecule has 0 atom stereocenters. The number of hydrogen-bond donors (Lipinski definition) is 2. The zero-order valence-electron chi connectivity index (χ0n) is 17.2. The largest absolute Gasteiger partial charge is 0.483 e. The van der Waals surface area contributed by atoms with Crippen molar-refractivity contribution in [2.24, 2.45) is 5.10 Å². The second kappa shape index (κ2) is 10.5. The third kappa shape index (κ3) is 6.79. The van der Waals surface area contributed by atoms with E-state index in [1.54, 1.807) is 30.3 Å². The van der Waals surface area contributed by atoms with Crippen LogP contribution in [0.2, 0.25) is 0 Å². The summed E-state index contributed by atoms with van der Waals surface area (Å²) in [6.07, 6.45) is 1.53. The van der Waals surface area contributed by atoms with Gasteiger partial charge in [0.05, 0.1) is 10.7 Å². The number of carbonyl (C=O) groups excluding carboxylic acids is 2. The lowest BCUT2D eigenvalue weighted by Crippen LogP contribution is -2.20. The van der Waals surface area contributed by atoms with Crippen LogP contribution in [0.1, 0.15) is 27.0 Å². The van der Waals surface area contributed by atoms with Gasteiger partial charge in [0.1, 0.15) is 5.75 Å². The van der Waals surface area contributed by atoms with Crippen LogP contribution < -0.4 is 15.5 Å². The first-order chi connectivity index (χ1) is 14.9. The molecule has 0 aliphatic heterocycles. The SMILES string of the molecule is Cc1ccc(C(=O)N/N=C/c2ccc(OCC(=O)Nc3cccc(C)c3)c(Br)c2)cc1. The molecule has 0 heterocycles. The summed E-state index contributed by atoms with van der Waals surface area (Å²) in [5.74, 6) is -0.00270. The number of nitrogens with zero attached hydrogens (tertiary/aromatic N) is 1. The fourth-order valence-electron chi connectivity index (χ4n) is 2.71. The Labute approximate surface area is 189 Å². The number of ether oxygens (including phenoxy) is 1. The fourth-order valence-corrected chi connectivity index (χ4v) is 3.22. The van der Waals surface area contributed by atoms with Crippen LogP contribution in [0, 0.1) is 13.8 Å². The van der Waals surface area contributed by atoms with E-state index in [-0.39, 0.29) is 18.4 Å². The second-order valence-corrected chi connectivity index (χ2v) is 7.82. The van der Waals surface area contributed by atoms with E-state index in [1.807, 2.05) is 50.2 Å². The van der Waals surface area contributed by atoms with Gasteiger partial charge in [0.15, 0.2) is 6.61 Å². The van der Waals surface area contributed by atoms with Crippen LogP contribution in [0.3, 0.4) is 0 Å². The van der Waals surface area contributed by atoms with Crippen LogP contribution in [-0.4, -0.2) is 24.6 Å². The summed E-state index contributed by atoms with van der Waals surface area (Å²) in [5.41, 5.74) is 6.67. The van der Waals surface area contributed by atoms with E-state index < -0.39 is 0 Å². The predicted octanol–water partition coefficient (Wildman–Crippen LogP) is 4.85. The smallest absolute Gasteiger partial charge is 0.271 e. The number of amides is 2. The van der Waals surface area contributed by atoms with Crippen LogP contribution in [0.25, 0.3) is 0 Å². The third-order valence-corrected chi connectivity index (χ3v) is 4.93. The van der Waals surface area contributed by atoms with Gasteiger partial charge >= 0.3 is 0 Å². The Morgan fingerprint density at radius 2 is 1.77 bits per heavy atom. The minimum absolute atomic E-state index is 0.118. The van der Waals surface area contributed by atoms with E-state index in [0.29, 0.717) is 15.8 Å². The molecule has 158 valence electrons. The Balaban J connectivity index is 1.52. The van der Waals surface area contributed by atoms with Crippen molar-refractivity contribution in [1.82, 2.24) is 5.43 Å². The van der Waals surface area contributed by atoms with E-state index in [0.717, 1.165) is 22.4 Å². The van der Waals surface area contributed by atoms with E-state index in [9.17, 15) is 9.59 Å². The van der Waals surface area contributed by atoms with Crippen molar-refractivity contribution in [2.75, 3.05) is 11.9 Å². The lowest BCUT2D eigenvalue weighted by Gasteiger charge is -2.10. The molecule has 7 heteroatoms. The number of aryl methyl sites for hydroxylation is 2. The number of nitrogens with one attached hydrogen (secondary N) is 2. The molecule has 0 saturated heterocycles. The lowest BCUT2D eigenvalue weighted by atomic mass is 10.1. The molecule has 2 amide bonds. The van der Waals surface area contributed by atoms with Gasteiger partial charge in [-0.05, 0) is 83.4 Å². The molecular weight excluding hydrogens is 458 g/mol. The maximum absolute atomic E-state index is 12.1. The minimum atomic E-state index is -0.283. The number of halogens is 1. The van der Waals surface area contributed by atoms with Gasteiger partial charge < -0.3 is 10.1 Å². The van der Waals surface area contributed by atoms with Gasteiger partial charge in [-0.15, -0.1) is 0 Å². The van der Waals surface area contributed by atoms with Gasteiger partial charge in [0.2, 0.25) is 0 Å². The van der Waals surface area contributed by atoms with Crippen LogP contribution in [0.5, 0.6) is 5.75 Å². The maximum atomic E-state index is 12.1. The summed E-state index contributed by atoms with van der Waals surface area (Å²) in [6.45, 7) is 3.80. The van der Waals surface area contributed by atoms with Gasteiger partial charge in [0, 0.05) is 11.3 Å². The summed E-state index contributed by atoms with van der Waals surface area (Å²) in [5, 5.41) is 6.79. The average Bonchev–Trinajstić information content (AvgIpc) is 2.73. The first kappa shape index (κ1) is 22.2. The predicted molar refractivity (Wildman–Crippen MR) is 126 cm³/mol. The Morgan fingerprint density at radius 3 is 2.48 bits per heavy atom. The third-order valence-electron chi connectivity index (χ3n) is 4.31. The molecule has 6 nitrogen and oxygen atoms in total. The topological polar surface area (TPSA) is 79.8 Å². The molecular formula is C24H22BrN3O3. The van der Waals surface area contributed by atoms with Crippen molar-refractivity contribution in [3.8, 4) is 5.75 Å². The molecule has 2 N–H and O–H groups in total. The summed E-state index contributed by atoms with van der Waals surface area (Å²) >= 11 is 3.43. The quantitative estimate of drug-likeness (QED) is 0.375. The first-order valence-corrected chi connectivity index (χ1v) is 10.4. The van der Waals surface area contributed by atoms with Crippen molar-refractivity contribution in [2.45, 2.75) is 13.8 Å². The van der Waals surface area contributed by atoms with Crippen molar-refractivity contribution >= 4 is 39.6 Å². The standard InChI is InChI=1S/C24H22BrN3O3/c1-16-6-9-19(10-7-16)24(30)28-26-14-18-8-11-22(21(25)13-18)31-15-23(29)27-20-5-3-4-17(2)12-20/h3-14H,15H2,1-2H3,(H,27,29)(H,28,30)/b26-14+. The lowest BCUT2D eigenvalue weighted by molar-refractivity contribution is -0.118. The van der Waals surface area contributed by atoms with Crippen molar-refractivity contribution in [3.05, 3.63) is 93.5 Å². The molecule has 0 fully saturated rings. The van der Waals surface area contributed by atoms with Crippen molar-refractivity contribution in [1.29, 1.82) is 0 Å². The fraction of sp³-hybridized carbons (Fsp3) is 0.125.